The van der Waals surface area contributed by atoms with Gasteiger partial charge in [0, 0.05) is 12.0 Å². The van der Waals surface area contributed by atoms with E-state index in [1.54, 1.807) is 0 Å². The van der Waals surface area contributed by atoms with Gasteiger partial charge >= 0.3 is 0 Å². The van der Waals surface area contributed by atoms with Crippen LogP contribution in [0.1, 0.15) is 47.5 Å². The molecule has 4 nitrogen and oxygen atoms in total. The number of rotatable bonds is 7. The molecule has 0 fully saturated rings. The number of carbonyl (C=O) groups excluding carboxylic acids is 1. The van der Waals surface area contributed by atoms with Crippen molar-refractivity contribution in [3.05, 3.63) is 0 Å². The number of hydrogen-bond acceptors (Lipinski definition) is 3. The van der Waals surface area contributed by atoms with E-state index in [-0.39, 0.29) is 29.6 Å². The number of hydrogen-bond donors (Lipinski definition) is 3. The van der Waals surface area contributed by atoms with E-state index in [9.17, 15) is 9.90 Å². The Morgan fingerprint density at radius 3 is 2.28 bits per heavy atom. The number of aliphatic hydroxyl groups is 1. The highest BCUT2D eigenvalue weighted by Crippen LogP contribution is 2.25. The summed E-state index contributed by atoms with van der Waals surface area (Å²) in [6.45, 7) is 10.3. The van der Waals surface area contributed by atoms with Crippen LogP contribution in [-0.2, 0) is 4.79 Å². The number of halogens is 1. The number of nitrogens with one attached hydrogen (secondary N) is 1. The fraction of sp³-hybridized carbons (Fsp3) is 0.923. The maximum Gasteiger partial charge on any atom is 0.236 e. The quantitative estimate of drug-likeness (QED) is 0.664. The molecule has 0 aromatic heterocycles. The lowest BCUT2D eigenvalue weighted by Crippen LogP contribution is -2.48. The average Bonchev–Trinajstić information content (AvgIpc) is 2.25. The first kappa shape index (κ1) is 20.0. The van der Waals surface area contributed by atoms with Crippen molar-refractivity contribution in [1.82, 2.24) is 5.32 Å². The molecule has 5 heteroatoms. The largest absolute Gasteiger partial charge is 0.392 e. The Bertz CT molecular complexity index is 245. The molecular weight excluding hydrogens is 252 g/mol. The van der Waals surface area contributed by atoms with Crippen LogP contribution in [0.2, 0.25) is 0 Å². The van der Waals surface area contributed by atoms with Crippen LogP contribution in [-0.4, -0.2) is 29.7 Å². The summed E-state index contributed by atoms with van der Waals surface area (Å²) in [7, 11) is 0. The molecule has 110 valence electrons. The molecule has 0 bridgehead atoms. The van der Waals surface area contributed by atoms with Crippen LogP contribution in [0, 0.1) is 11.3 Å². The minimum atomic E-state index is -0.440. The van der Waals surface area contributed by atoms with Gasteiger partial charge in [0.25, 0.3) is 0 Å². The smallest absolute Gasteiger partial charge is 0.236 e. The lowest BCUT2D eigenvalue weighted by atomic mass is 9.80. The summed E-state index contributed by atoms with van der Waals surface area (Å²) >= 11 is 0. The summed E-state index contributed by atoms with van der Waals surface area (Å²) in [6.07, 6.45) is 1.15. The van der Waals surface area contributed by atoms with Crippen molar-refractivity contribution >= 4 is 18.3 Å². The molecule has 0 radical (unpaired) electrons. The van der Waals surface area contributed by atoms with Gasteiger partial charge in [0.15, 0.2) is 0 Å². The molecule has 2 atom stereocenters. The van der Waals surface area contributed by atoms with Gasteiger partial charge in [-0.25, -0.2) is 0 Å². The fourth-order valence-corrected chi connectivity index (χ4v) is 1.90. The number of aliphatic hydroxyl groups excluding tert-OH is 1. The van der Waals surface area contributed by atoms with E-state index >= 15 is 0 Å². The topological polar surface area (TPSA) is 75.4 Å². The van der Waals surface area contributed by atoms with E-state index in [1.807, 2.05) is 34.6 Å². The molecule has 0 aliphatic carbocycles. The zero-order valence-electron chi connectivity index (χ0n) is 12.2. The van der Waals surface area contributed by atoms with Crippen LogP contribution >= 0.6 is 12.4 Å². The standard InChI is InChI=1S/C13H28N2O2.ClH/c1-6-7-10(14)12(17)15-8-13(4,5)11(16)9(2)3;/h9-11,16H,6-8,14H2,1-5H3,(H,15,17);1H. The van der Waals surface area contributed by atoms with Crippen LogP contribution in [0.5, 0.6) is 0 Å². The molecule has 0 aliphatic rings. The maximum atomic E-state index is 11.7. The van der Waals surface area contributed by atoms with E-state index in [1.165, 1.54) is 0 Å². The zero-order chi connectivity index (χ0) is 13.6. The highest BCUT2D eigenvalue weighted by atomic mass is 35.5. The molecule has 0 heterocycles. The Labute approximate surface area is 117 Å². The summed E-state index contributed by atoms with van der Waals surface area (Å²) in [6, 6.07) is -0.438. The minimum absolute atomic E-state index is 0. The number of amides is 1. The third-order valence-corrected chi connectivity index (χ3v) is 3.09. The molecule has 0 rings (SSSR count). The van der Waals surface area contributed by atoms with Crippen molar-refractivity contribution in [2.24, 2.45) is 17.1 Å². The van der Waals surface area contributed by atoms with E-state index in [0.29, 0.717) is 13.0 Å². The lowest BCUT2D eigenvalue weighted by molar-refractivity contribution is -0.123. The first-order valence-corrected chi connectivity index (χ1v) is 6.43. The average molecular weight is 281 g/mol. The van der Waals surface area contributed by atoms with Gasteiger partial charge in [-0.1, -0.05) is 41.0 Å². The number of nitrogens with two attached hydrogens (primary N) is 1. The van der Waals surface area contributed by atoms with Gasteiger partial charge in [0.2, 0.25) is 5.91 Å². The van der Waals surface area contributed by atoms with Gasteiger partial charge in [-0.05, 0) is 12.3 Å². The minimum Gasteiger partial charge on any atom is -0.392 e. The van der Waals surface area contributed by atoms with E-state index < -0.39 is 12.1 Å². The lowest BCUT2D eigenvalue weighted by Gasteiger charge is -2.33. The summed E-state index contributed by atoms with van der Waals surface area (Å²) in [5.41, 5.74) is 5.38. The first-order valence-electron chi connectivity index (χ1n) is 6.43. The van der Waals surface area contributed by atoms with Crippen LogP contribution in [0.3, 0.4) is 0 Å². The molecule has 0 spiro atoms. The molecule has 0 aromatic carbocycles. The molecule has 18 heavy (non-hydrogen) atoms. The Hall–Kier alpha value is -0.320. The zero-order valence-corrected chi connectivity index (χ0v) is 13.0. The normalized spacial score (nSPS) is 14.9. The Balaban J connectivity index is 0. The summed E-state index contributed by atoms with van der Waals surface area (Å²) in [4.78, 5) is 11.7. The van der Waals surface area contributed by atoms with E-state index in [0.717, 1.165) is 6.42 Å². The second kappa shape index (κ2) is 8.73. The monoisotopic (exact) mass is 280 g/mol. The van der Waals surface area contributed by atoms with Crippen LogP contribution in [0.15, 0.2) is 0 Å². The Kier molecular flexibility index (Phi) is 9.70. The van der Waals surface area contributed by atoms with Crippen LogP contribution in [0.4, 0.5) is 0 Å². The molecule has 0 aromatic rings. The van der Waals surface area contributed by atoms with Gasteiger partial charge in [0.05, 0.1) is 12.1 Å². The third-order valence-electron chi connectivity index (χ3n) is 3.09. The van der Waals surface area contributed by atoms with Crippen molar-refractivity contribution in [3.8, 4) is 0 Å². The highest BCUT2D eigenvalue weighted by molar-refractivity contribution is 5.85. The predicted molar refractivity (Wildman–Crippen MR) is 77.8 cm³/mol. The molecular formula is C13H29ClN2O2. The van der Waals surface area contributed by atoms with Gasteiger partial charge in [-0.2, -0.15) is 0 Å². The highest BCUT2D eigenvalue weighted by Gasteiger charge is 2.30. The van der Waals surface area contributed by atoms with Gasteiger partial charge in [-0.3, -0.25) is 4.79 Å². The molecule has 0 saturated carbocycles. The summed E-state index contributed by atoms with van der Waals surface area (Å²) in [5.74, 6) is 0.0436. The SMILES string of the molecule is CCCC(N)C(=O)NCC(C)(C)C(O)C(C)C.Cl. The summed E-state index contributed by atoms with van der Waals surface area (Å²) in [5, 5.41) is 12.8. The maximum absolute atomic E-state index is 11.7. The second-order valence-electron chi connectivity index (χ2n) is 5.79. The molecule has 2 unspecified atom stereocenters. The van der Waals surface area contributed by atoms with E-state index in [4.69, 9.17) is 5.73 Å². The fourth-order valence-electron chi connectivity index (χ4n) is 1.90. The Morgan fingerprint density at radius 1 is 1.39 bits per heavy atom. The first-order chi connectivity index (χ1) is 7.72. The molecule has 1 amide bonds. The molecule has 0 aliphatic heterocycles. The van der Waals surface area contributed by atoms with Crippen molar-refractivity contribution in [2.45, 2.75) is 59.6 Å². The number of carbonyl (C=O) groups is 1. The van der Waals surface area contributed by atoms with Crippen LogP contribution in [0.25, 0.3) is 0 Å². The Morgan fingerprint density at radius 2 is 1.89 bits per heavy atom. The van der Waals surface area contributed by atoms with Crippen molar-refractivity contribution in [1.29, 1.82) is 0 Å². The van der Waals surface area contributed by atoms with Gasteiger partial charge in [0.1, 0.15) is 0 Å². The predicted octanol–water partition coefficient (Wildman–Crippen LogP) is 1.69. The van der Waals surface area contributed by atoms with Gasteiger partial charge in [-0.15, -0.1) is 12.4 Å². The van der Waals surface area contributed by atoms with Crippen molar-refractivity contribution in [3.63, 3.8) is 0 Å². The summed E-state index contributed by atoms with van der Waals surface area (Å²) < 4.78 is 0. The second-order valence-corrected chi connectivity index (χ2v) is 5.79. The van der Waals surface area contributed by atoms with Crippen molar-refractivity contribution in [2.75, 3.05) is 6.54 Å². The van der Waals surface area contributed by atoms with Crippen molar-refractivity contribution < 1.29 is 9.90 Å². The molecule has 4 N–H and O–H groups in total. The van der Waals surface area contributed by atoms with E-state index in [2.05, 4.69) is 5.32 Å². The third kappa shape index (κ3) is 6.57. The van der Waals surface area contributed by atoms with Gasteiger partial charge < -0.3 is 16.2 Å². The van der Waals surface area contributed by atoms with Crippen LogP contribution < -0.4 is 11.1 Å². The molecule has 0 saturated heterocycles.